The number of halogens is 4. The second-order valence-corrected chi connectivity index (χ2v) is 8.08. The van der Waals surface area contributed by atoms with Crippen molar-refractivity contribution in [3.05, 3.63) is 53.6 Å². The summed E-state index contributed by atoms with van der Waals surface area (Å²) in [7, 11) is 0. The summed E-state index contributed by atoms with van der Waals surface area (Å²) in [4.78, 5) is 30.6. The number of nitrogens with one attached hydrogen (secondary N) is 1. The van der Waals surface area contributed by atoms with E-state index >= 15 is 0 Å². The summed E-state index contributed by atoms with van der Waals surface area (Å²) in [6.45, 7) is 2.83. The van der Waals surface area contributed by atoms with Crippen molar-refractivity contribution in [3.63, 3.8) is 0 Å². The Balaban J connectivity index is 1.70. The lowest BCUT2D eigenvalue weighted by molar-refractivity contribution is -0.137. The van der Waals surface area contributed by atoms with Crippen molar-refractivity contribution in [1.29, 1.82) is 0 Å². The fraction of sp³-hybridized carbons (Fsp3) is 0.318. The Morgan fingerprint density at radius 3 is 2.45 bits per heavy atom. The molecule has 0 unspecified atom stereocenters. The van der Waals surface area contributed by atoms with E-state index in [9.17, 15) is 18.0 Å². The minimum atomic E-state index is -4.48. The second kappa shape index (κ2) is 9.30. The lowest BCUT2D eigenvalue weighted by atomic mass is 10.0. The molecule has 1 saturated heterocycles. The fourth-order valence-corrected chi connectivity index (χ4v) is 3.93. The second-order valence-electron chi connectivity index (χ2n) is 7.67. The maximum atomic E-state index is 13.0. The number of nitrogens with zero attached hydrogens (tertiary/aromatic N) is 5. The number of aromatic nitrogens is 4. The van der Waals surface area contributed by atoms with Gasteiger partial charge in [-0.05, 0) is 31.0 Å². The highest BCUT2D eigenvalue weighted by atomic mass is 35.5. The summed E-state index contributed by atoms with van der Waals surface area (Å²) in [5.74, 6) is 0.547. The average Bonchev–Trinajstić information content (AvgIpc) is 2.79. The monoisotopic (exact) mass is 476 g/mol. The molecule has 0 bridgehead atoms. The van der Waals surface area contributed by atoms with Gasteiger partial charge < -0.3 is 10.2 Å². The normalized spacial score (nSPS) is 14.9. The van der Waals surface area contributed by atoms with Gasteiger partial charge in [-0.15, -0.1) is 0 Å². The summed E-state index contributed by atoms with van der Waals surface area (Å²) in [6, 6.07) is 4.01. The van der Waals surface area contributed by atoms with Gasteiger partial charge in [0.1, 0.15) is 17.2 Å². The number of carbonyl (C=O) groups excluding carboxylic acids is 1. The van der Waals surface area contributed by atoms with E-state index in [0.29, 0.717) is 40.9 Å². The van der Waals surface area contributed by atoms with Crippen LogP contribution in [0.25, 0.3) is 22.6 Å². The Labute approximate surface area is 193 Å². The van der Waals surface area contributed by atoms with Crippen molar-refractivity contribution in [1.82, 2.24) is 25.3 Å². The molecule has 1 aliphatic heterocycles. The minimum absolute atomic E-state index is 0.0590. The van der Waals surface area contributed by atoms with Crippen molar-refractivity contribution in [3.8, 4) is 22.6 Å². The van der Waals surface area contributed by atoms with Crippen LogP contribution in [0.3, 0.4) is 0 Å². The van der Waals surface area contributed by atoms with Crippen LogP contribution in [0.15, 0.2) is 43.0 Å². The lowest BCUT2D eigenvalue weighted by Crippen LogP contribution is -2.44. The van der Waals surface area contributed by atoms with Gasteiger partial charge in [-0.2, -0.15) is 13.2 Å². The highest BCUT2D eigenvalue weighted by molar-refractivity contribution is 6.33. The van der Waals surface area contributed by atoms with E-state index in [1.807, 2.05) is 4.90 Å². The highest BCUT2D eigenvalue weighted by Gasteiger charge is 2.31. The number of anilines is 1. The van der Waals surface area contributed by atoms with Gasteiger partial charge in [0.2, 0.25) is 5.91 Å². The van der Waals surface area contributed by atoms with Gasteiger partial charge in [0.05, 0.1) is 22.5 Å². The Bertz CT molecular complexity index is 1150. The molecular formula is C22H20ClF3N6O. The van der Waals surface area contributed by atoms with Gasteiger partial charge in [0.15, 0.2) is 0 Å². The third-order valence-corrected chi connectivity index (χ3v) is 5.65. The Morgan fingerprint density at radius 2 is 1.85 bits per heavy atom. The van der Waals surface area contributed by atoms with E-state index in [2.05, 4.69) is 20.3 Å². The Hall–Kier alpha value is -3.27. The third kappa shape index (κ3) is 5.22. The molecule has 0 aliphatic carbocycles. The molecule has 0 radical (unpaired) electrons. The zero-order valence-electron chi connectivity index (χ0n) is 17.6. The number of alkyl halides is 3. The molecule has 1 fully saturated rings. The van der Waals surface area contributed by atoms with Gasteiger partial charge in [-0.3, -0.25) is 14.8 Å². The van der Waals surface area contributed by atoms with Crippen molar-refractivity contribution >= 4 is 23.3 Å². The van der Waals surface area contributed by atoms with Crippen molar-refractivity contribution in [2.45, 2.75) is 32.0 Å². The van der Waals surface area contributed by atoms with Gasteiger partial charge in [-0.1, -0.05) is 11.6 Å². The van der Waals surface area contributed by atoms with Crippen molar-refractivity contribution in [2.75, 3.05) is 18.0 Å². The van der Waals surface area contributed by atoms with Gasteiger partial charge in [-0.25, -0.2) is 9.97 Å². The summed E-state index contributed by atoms with van der Waals surface area (Å²) < 4.78 is 38.9. The Kier molecular flexibility index (Phi) is 6.46. The molecule has 0 aromatic carbocycles. The molecule has 33 heavy (non-hydrogen) atoms. The van der Waals surface area contributed by atoms with E-state index in [4.69, 9.17) is 16.6 Å². The van der Waals surface area contributed by atoms with E-state index in [1.165, 1.54) is 19.2 Å². The van der Waals surface area contributed by atoms with Crippen molar-refractivity contribution in [2.24, 2.45) is 0 Å². The van der Waals surface area contributed by atoms with Crippen LogP contribution in [-0.2, 0) is 11.0 Å². The number of hydrogen-bond donors (Lipinski definition) is 1. The van der Waals surface area contributed by atoms with Gasteiger partial charge >= 0.3 is 6.18 Å². The first-order valence-electron chi connectivity index (χ1n) is 10.2. The van der Waals surface area contributed by atoms with Crippen LogP contribution in [0.1, 0.15) is 25.3 Å². The number of rotatable bonds is 4. The Morgan fingerprint density at radius 1 is 1.09 bits per heavy atom. The standard InChI is InChI=1S/C22H20ClF3N6O/c1-13(33)30-15-5-8-32(9-6-15)19-12-29-21(18-3-2-14(10-28-18)22(24,25)26)20(31-19)16-4-7-27-11-17(16)23/h2-4,7,10-12,15H,5-6,8-9H2,1H3,(H,30,33). The van der Waals surface area contributed by atoms with Crippen LogP contribution in [-0.4, -0.2) is 45.0 Å². The van der Waals surface area contributed by atoms with E-state index in [-0.39, 0.29) is 17.6 Å². The molecule has 11 heteroatoms. The molecule has 0 atom stereocenters. The summed E-state index contributed by atoms with van der Waals surface area (Å²) in [5, 5.41) is 3.26. The quantitative estimate of drug-likeness (QED) is 0.601. The van der Waals surface area contributed by atoms with Crippen molar-refractivity contribution < 1.29 is 18.0 Å². The summed E-state index contributed by atoms with van der Waals surface area (Å²) >= 11 is 6.36. The van der Waals surface area contributed by atoms with E-state index < -0.39 is 11.7 Å². The maximum Gasteiger partial charge on any atom is 0.417 e. The van der Waals surface area contributed by atoms with Crippen LogP contribution in [0.4, 0.5) is 19.0 Å². The molecule has 4 rings (SSSR count). The smallest absolute Gasteiger partial charge is 0.355 e. The van der Waals surface area contributed by atoms with Gasteiger partial charge in [0, 0.05) is 50.2 Å². The van der Waals surface area contributed by atoms with E-state index in [0.717, 1.165) is 25.1 Å². The number of amides is 1. The highest BCUT2D eigenvalue weighted by Crippen LogP contribution is 2.35. The topological polar surface area (TPSA) is 83.9 Å². The predicted octanol–water partition coefficient (Wildman–Crippen LogP) is 4.38. The molecule has 4 heterocycles. The first-order chi connectivity index (χ1) is 15.7. The van der Waals surface area contributed by atoms with Crippen LogP contribution < -0.4 is 10.2 Å². The summed E-state index contributed by atoms with van der Waals surface area (Å²) in [6.07, 6.45) is 2.40. The molecule has 0 saturated carbocycles. The lowest BCUT2D eigenvalue weighted by Gasteiger charge is -2.33. The molecule has 7 nitrogen and oxygen atoms in total. The molecule has 1 amide bonds. The maximum absolute atomic E-state index is 13.0. The minimum Gasteiger partial charge on any atom is -0.355 e. The van der Waals surface area contributed by atoms with Gasteiger partial charge in [0.25, 0.3) is 0 Å². The van der Waals surface area contributed by atoms with Crippen LogP contribution >= 0.6 is 11.6 Å². The average molecular weight is 477 g/mol. The molecule has 0 spiro atoms. The van der Waals surface area contributed by atoms with E-state index in [1.54, 1.807) is 18.5 Å². The molecule has 3 aromatic heterocycles. The third-order valence-electron chi connectivity index (χ3n) is 5.35. The fourth-order valence-electron chi connectivity index (χ4n) is 3.72. The first-order valence-corrected chi connectivity index (χ1v) is 10.6. The largest absolute Gasteiger partial charge is 0.417 e. The molecular weight excluding hydrogens is 457 g/mol. The SMILES string of the molecule is CC(=O)NC1CCN(c2cnc(-c3ccc(C(F)(F)F)cn3)c(-c3ccncc3Cl)n2)CC1. The zero-order valence-corrected chi connectivity index (χ0v) is 18.4. The first kappa shape index (κ1) is 22.9. The van der Waals surface area contributed by atoms with Crippen LogP contribution in [0.2, 0.25) is 5.02 Å². The number of hydrogen-bond acceptors (Lipinski definition) is 6. The molecule has 1 aliphatic rings. The zero-order chi connectivity index (χ0) is 23.6. The number of pyridine rings is 2. The number of carbonyl (C=O) groups is 1. The predicted molar refractivity (Wildman–Crippen MR) is 118 cm³/mol. The van der Waals surface area contributed by atoms with Crippen LogP contribution in [0, 0.1) is 0 Å². The molecule has 3 aromatic rings. The molecule has 172 valence electrons. The van der Waals surface area contributed by atoms with Crippen LogP contribution in [0.5, 0.6) is 0 Å². The summed E-state index contributed by atoms with van der Waals surface area (Å²) in [5.41, 5.74) is 0.659. The number of piperidine rings is 1. The molecule has 1 N–H and O–H groups in total.